The van der Waals surface area contributed by atoms with E-state index in [0.29, 0.717) is 12.7 Å². The molecule has 0 atom stereocenters. The average Bonchev–Trinajstić information content (AvgIpc) is 2.41. The molecular weight excluding hydrogens is 292 g/mol. The summed E-state index contributed by atoms with van der Waals surface area (Å²) >= 11 is 0. The number of hydrogen-bond donors (Lipinski definition) is 0. The van der Waals surface area contributed by atoms with E-state index < -0.39 is 17.1 Å². The monoisotopic (exact) mass is 322 g/mol. The fourth-order valence-electron chi connectivity index (χ4n) is 1.48. The molecule has 7 heteroatoms. The highest BCUT2D eigenvalue weighted by molar-refractivity contribution is 6.69. The van der Waals surface area contributed by atoms with Gasteiger partial charge in [0, 0.05) is 34.0 Å². The first-order chi connectivity index (χ1) is 9.32. The second-order valence-corrected chi connectivity index (χ2v) is 12.9. The maximum absolute atomic E-state index is 5.85. The van der Waals surface area contributed by atoms with Crippen molar-refractivity contribution in [1.29, 1.82) is 0 Å². The lowest BCUT2D eigenvalue weighted by Gasteiger charge is -2.26. The lowest BCUT2D eigenvalue weighted by molar-refractivity contribution is 0.120. The summed E-state index contributed by atoms with van der Waals surface area (Å²) in [6.07, 6.45) is 2.80. The molecule has 0 amide bonds. The molecule has 0 aromatic heterocycles. The van der Waals surface area contributed by atoms with Gasteiger partial charge in [-0.2, -0.15) is 0 Å². The molecule has 120 valence electrons. The van der Waals surface area contributed by atoms with Crippen molar-refractivity contribution in [2.75, 3.05) is 34.5 Å². The molecule has 0 fully saturated rings. The first-order valence-corrected chi connectivity index (χ1v) is 12.3. The highest BCUT2D eigenvalue weighted by Crippen LogP contribution is 2.20. The van der Waals surface area contributed by atoms with E-state index in [1.165, 1.54) is 0 Å². The standard InChI is InChI=1S/C13H30O5Si2/c1-8-9-17-10-13(11-18-19(5,6)7)12-20(14-2,15-3)16-4/h11H,8-10,12H2,1-7H3. The van der Waals surface area contributed by atoms with Gasteiger partial charge in [-0.05, 0) is 31.6 Å². The molecule has 0 saturated heterocycles. The van der Waals surface area contributed by atoms with E-state index in [0.717, 1.165) is 18.6 Å². The van der Waals surface area contributed by atoms with Crippen molar-refractivity contribution in [3.8, 4) is 0 Å². The Labute approximate surface area is 125 Å². The van der Waals surface area contributed by atoms with Crippen LogP contribution in [0.3, 0.4) is 0 Å². The Morgan fingerprint density at radius 3 is 1.95 bits per heavy atom. The normalized spacial score (nSPS) is 13.7. The summed E-state index contributed by atoms with van der Waals surface area (Å²) < 4.78 is 27.8. The van der Waals surface area contributed by atoms with Crippen LogP contribution in [0.1, 0.15) is 13.3 Å². The van der Waals surface area contributed by atoms with Crippen molar-refractivity contribution in [3.63, 3.8) is 0 Å². The van der Waals surface area contributed by atoms with E-state index in [2.05, 4.69) is 26.6 Å². The molecule has 0 aliphatic carbocycles. The van der Waals surface area contributed by atoms with Gasteiger partial charge >= 0.3 is 8.80 Å². The number of rotatable bonds is 11. The molecule has 0 N–H and O–H groups in total. The van der Waals surface area contributed by atoms with Crippen LogP contribution >= 0.6 is 0 Å². The van der Waals surface area contributed by atoms with Gasteiger partial charge in [0.05, 0.1) is 12.9 Å². The van der Waals surface area contributed by atoms with Crippen molar-refractivity contribution in [1.82, 2.24) is 0 Å². The Morgan fingerprint density at radius 1 is 1.00 bits per heavy atom. The van der Waals surface area contributed by atoms with Gasteiger partial charge in [0.2, 0.25) is 8.32 Å². The van der Waals surface area contributed by atoms with Crippen LogP contribution in [0.15, 0.2) is 11.8 Å². The van der Waals surface area contributed by atoms with Gasteiger partial charge in [0.15, 0.2) is 0 Å². The van der Waals surface area contributed by atoms with Gasteiger partial charge in [0.1, 0.15) is 0 Å². The molecule has 0 rings (SSSR count). The van der Waals surface area contributed by atoms with Gasteiger partial charge in [0.25, 0.3) is 0 Å². The van der Waals surface area contributed by atoms with Crippen molar-refractivity contribution in [2.24, 2.45) is 0 Å². The third-order valence-electron chi connectivity index (χ3n) is 2.59. The first kappa shape index (κ1) is 19.8. The minimum Gasteiger partial charge on any atom is -0.550 e. The molecule has 0 spiro atoms. The van der Waals surface area contributed by atoms with Crippen molar-refractivity contribution in [2.45, 2.75) is 39.0 Å². The summed E-state index contributed by atoms with van der Waals surface area (Å²) in [4.78, 5) is 0. The quantitative estimate of drug-likeness (QED) is 0.332. The summed E-state index contributed by atoms with van der Waals surface area (Å²) in [6.45, 7) is 9.75. The van der Waals surface area contributed by atoms with Crippen LogP contribution in [0.5, 0.6) is 0 Å². The van der Waals surface area contributed by atoms with E-state index in [4.69, 9.17) is 22.4 Å². The maximum atomic E-state index is 5.85. The molecule has 0 aromatic rings. The molecule has 0 radical (unpaired) electrons. The van der Waals surface area contributed by atoms with E-state index >= 15 is 0 Å². The minimum atomic E-state index is -2.65. The Balaban J connectivity index is 4.82. The van der Waals surface area contributed by atoms with E-state index in [1.807, 2.05) is 0 Å². The van der Waals surface area contributed by atoms with Crippen LogP contribution in [0.2, 0.25) is 25.7 Å². The van der Waals surface area contributed by atoms with Gasteiger partial charge in [-0.1, -0.05) is 6.92 Å². The summed E-state index contributed by atoms with van der Waals surface area (Å²) in [6, 6.07) is 0.574. The summed E-state index contributed by atoms with van der Waals surface area (Å²) in [5.41, 5.74) is 1.01. The number of hydrogen-bond acceptors (Lipinski definition) is 5. The Morgan fingerprint density at radius 2 is 1.55 bits per heavy atom. The molecule has 0 saturated carbocycles. The summed E-state index contributed by atoms with van der Waals surface area (Å²) in [5, 5.41) is 0. The largest absolute Gasteiger partial charge is 0.550 e. The zero-order valence-electron chi connectivity index (χ0n) is 13.9. The van der Waals surface area contributed by atoms with Gasteiger partial charge < -0.3 is 22.4 Å². The van der Waals surface area contributed by atoms with Crippen LogP contribution in [0, 0.1) is 0 Å². The molecule has 0 heterocycles. The lowest BCUT2D eigenvalue weighted by Crippen LogP contribution is -2.43. The second kappa shape index (κ2) is 9.70. The molecule has 20 heavy (non-hydrogen) atoms. The predicted molar refractivity (Wildman–Crippen MR) is 85.2 cm³/mol. The molecule has 0 bridgehead atoms. The van der Waals surface area contributed by atoms with Crippen molar-refractivity contribution in [3.05, 3.63) is 11.8 Å². The second-order valence-electron chi connectivity index (χ2n) is 5.53. The molecule has 0 aliphatic heterocycles. The van der Waals surface area contributed by atoms with E-state index in [9.17, 15) is 0 Å². The smallest absolute Gasteiger partial charge is 0.504 e. The van der Waals surface area contributed by atoms with Crippen molar-refractivity contribution < 1.29 is 22.4 Å². The van der Waals surface area contributed by atoms with Crippen LogP contribution in [-0.2, 0) is 22.4 Å². The average molecular weight is 323 g/mol. The van der Waals surface area contributed by atoms with E-state index in [1.54, 1.807) is 27.6 Å². The van der Waals surface area contributed by atoms with Crippen LogP contribution in [-0.4, -0.2) is 51.7 Å². The zero-order chi connectivity index (χ0) is 15.6. The SMILES string of the molecule is CCCOCC(=CO[Si](C)(C)C)C[Si](OC)(OC)OC. The van der Waals surface area contributed by atoms with Crippen molar-refractivity contribution >= 4 is 17.1 Å². The van der Waals surface area contributed by atoms with Crippen LogP contribution in [0.4, 0.5) is 0 Å². The minimum absolute atomic E-state index is 0.517. The highest BCUT2D eigenvalue weighted by Gasteiger charge is 2.39. The summed E-state index contributed by atoms with van der Waals surface area (Å²) in [5.74, 6) is 0. The Kier molecular flexibility index (Phi) is 9.61. The van der Waals surface area contributed by atoms with Crippen LogP contribution < -0.4 is 0 Å². The molecular formula is C13H30O5Si2. The third-order valence-corrected chi connectivity index (χ3v) is 6.17. The number of ether oxygens (including phenoxy) is 1. The molecule has 5 nitrogen and oxygen atoms in total. The Bertz CT molecular complexity index is 277. The fraction of sp³-hybridized carbons (Fsp3) is 0.846. The lowest BCUT2D eigenvalue weighted by atomic mass is 10.4. The Hall–Kier alpha value is -0.186. The fourth-order valence-corrected chi connectivity index (χ4v) is 3.67. The topological polar surface area (TPSA) is 46.2 Å². The zero-order valence-corrected chi connectivity index (χ0v) is 15.9. The summed E-state index contributed by atoms with van der Waals surface area (Å²) in [7, 11) is 0.580. The van der Waals surface area contributed by atoms with Gasteiger partial charge in [-0.3, -0.25) is 0 Å². The third kappa shape index (κ3) is 8.18. The predicted octanol–water partition coefficient (Wildman–Crippen LogP) is 3.03. The first-order valence-electron chi connectivity index (χ1n) is 6.91. The van der Waals surface area contributed by atoms with Crippen LogP contribution in [0.25, 0.3) is 0 Å². The van der Waals surface area contributed by atoms with E-state index in [-0.39, 0.29) is 0 Å². The molecule has 0 unspecified atom stereocenters. The van der Waals surface area contributed by atoms with Gasteiger partial charge in [-0.15, -0.1) is 0 Å². The molecule has 0 aliphatic rings. The molecule has 0 aromatic carbocycles. The highest BCUT2D eigenvalue weighted by atomic mass is 28.4. The van der Waals surface area contributed by atoms with Gasteiger partial charge in [-0.25, -0.2) is 0 Å². The maximum Gasteiger partial charge on any atom is 0.504 e.